The van der Waals surface area contributed by atoms with Gasteiger partial charge in [0.25, 0.3) is 5.91 Å². The van der Waals surface area contributed by atoms with Crippen LogP contribution in [0.3, 0.4) is 0 Å². The maximum absolute atomic E-state index is 12.7. The minimum absolute atomic E-state index is 0.0685. The second-order valence-electron chi connectivity index (χ2n) is 7.33. The summed E-state index contributed by atoms with van der Waals surface area (Å²) in [5, 5.41) is 7.25. The van der Waals surface area contributed by atoms with E-state index in [2.05, 4.69) is 10.4 Å². The van der Waals surface area contributed by atoms with Gasteiger partial charge in [-0.15, -0.1) is 0 Å². The van der Waals surface area contributed by atoms with Gasteiger partial charge in [0, 0.05) is 18.9 Å². The van der Waals surface area contributed by atoms with Crippen LogP contribution in [0.4, 0.5) is 5.69 Å². The summed E-state index contributed by atoms with van der Waals surface area (Å²) in [4.78, 5) is 26.6. The Kier molecular flexibility index (Phi) is 6.20. The van der Waals surface area contributed by atoms with Crippen molar-refractivity contribution >= 4 is 17.5 Å². The van der Waals surface area contributed by atoms with Gasteiger partial charge in [-0.2, -0.15) is 5.10 Å². The lowest BCUT2D eigenvalue weighted by Crippen LogP contribution is -2.35. The number of aryl methyl sites for hydroxylation is 3. The summed E-state index contributed by atoms with van der Waals surface area (Å²) >= 11 is 0. The Labute approximate surface area is 176 Å². The molecule has 30 heavy (non-hydrogen) atoms. The van der Waals surface area contributed by atoms with Crippen LogP contribution in [0, 0.1) is 20.8 Å². The summed E-state index contributed by atoms with van der Waals surface area (Å²) in [7, 11) is 3.19. The third-order valence-corrected chi connectivity index (χ3v) is 4.81. The predicted molar refractivity (Wildman–Crippen MR) is 116 cm³/mol. The molecule has 2 aromatic carbocycles. The smallest absolute Gasteiger partial charge is 0.274 e. The number of benzene rings is 2. The van der Waals surface area contributed by atoms with Gasteiger partial charge in [0.05, 0.1) is 19.3 Å². The van der Waals surface area contributed by atoms with Crippen molar-refractivity contribution in [2.45, 2.75) is 20.8 Å². The number of aromatic nitrogens is 2. The van der Waals surface area contributed by atoms with Crippen LogP contribution in [0.5, 0.6) is 5.75 Å². The number of methoxy groups -OCH3 is 1. The van der Waals surface area contributed by atoms with E-state index in [0.29, 0.717) is 0 Å². The zero-order chi connectivity index (χ0) is 21.8. The molecule has 0 unspecified atom stereocenters. The highest BCUT2D eigenvalue weighted by atomic mass is 16.5. The highest BCUT2D eigenvalue weighted by Crippen LogP contribution is 2.22. The lowest BCUT2D eigenvalue weighted by atomic mass is 10.1. The summed E-state index contributed by atoms with van der Waals surface area (Å²) in [5.41, 5.74) is 4.99. The topological polar surface area (TPSA) is 76.5 Å². The molecule has 156 valence electrons. The van der Waals surface area contributed by atoms with E-state index in [1.54, 1.807) is 31.1 Å². The largest absolute Gasteiger partial charge is 0.497 e. The third kappa shape index (κ3) is 4.68. The van der Waals surface area contributed by atoms with E-state index in [0.717, 1.165) is 33.8 Å². The van der Waals surface area contributed by atoms with E-state index in [9.17, 15) is 9.59 Å². The van der Waals surface area contributed by atoms with Crippen LogP contribution in [0.2, 0.25) is 0 Å². The first kappa shape index (κ1) is 21.1. The Hall–Kier alpha value is -3.61. The molecule has 1 heterocycles. The quantitative estimate of drug-likeness (QED) is 0.680. The summed E-state index contributed by atoms with van der Waals surface area (Å²) in [6, 6.07) is 13.0. The van der Waals surface area contributed by atoms with E-state index in [1.807, 2.05) is 57.2 Å². The van der Waals surface area contributed by atoms with Crippen molar-refractivity contribution < 1.29 is 14.3 Å². The zero-order valence-electron chi connectivity index (χ0n) is 17.9. The molecule has 0 aliphatic rings. The van der Waals surface area contributed by atoms with Gasteiger partial charge in [-0.05, 0) is 62.2 Å². The Balaban J connectivity index is 1.66. The molecule has 0 saturated carbocycles. The normalized spacial score (nSPS) is 10.6. The molecule has 0 aliphatic carbocycles. The highest BCUT2D eigenvalue weighted by molar-refractivity contribution is 5.99. The molecule has 0 bridgehead atoms. The van der Waals surface area contributed by atoms with Crippen LogP contribution in [0.15, 0.2) is 48.7 Å². The van der Waals surface area contributed by atoms with Crippen LogP contribution in [0.1, 0.15) is 27.2 Å². The molecule has 0 saturated heterocycles. The van der Waals surface area contributed by atoms with Crippen molar-refractivity contribution in [3.05, 3.63) is 71.0 Å². The molecule has 1 aromatic heterocycles. The number of likely N-dealkylation sites (N-methyl/N-ethyl adjacent to an activating group) is 1. The molecule has 7 heteroatoms. The Morgan fingerprint density at radius 3 is 2.30 bits per heavy atom. The highest BCUT2D eigenvalue weighted by Gasteiger charge is 2.18. The van der Waals surface area contributed by atoms with Crippen molar-refractivity contribution in [1.29, 1.82) is 0 Å². The zero-order valence-corrected chi connectivity index (χ0v) is 17.9. The average molecular weight is 406 g/mol. The molecule has 0 radical (unpaired) electrons. The van der Waals surface area contributed by atoms with Crippen LogP contribution >= 0.6 is 0 Å². The number of carbonyl (C=O) groups excluding carboxylic acids is 2. The van der Waals surface area contributed by atoms with Gasteiger partial charge in [-0.1, -0.05) is 17.7 Å². The minimum atomic E-state index is -0.324. The monoisotopic (exact) mass is 406 g/mol. The number of amides is 2. The number of ether oxygens (including phenoxy) is 1. The van der Waals surface area contributed by atoms with Crippen LogP contribution in [0.25, 0.3) is 5.69 Å². The number of carbonyl (C=O) groups is 2. The lowest BCUT2D eigenvalue weighted by Gasteiger charge is -2.17. The summed E-state index contributed by atoms with van der Waals surface area (Å²) < 4.78 is 6.76. The van der Waals surface area contributed by atoms with Crippen molar-refractivity contribution in [1.82, 2.24) is 14.7 Å². The predicted octanol–water partition coefficient (Wildman–Crippen LogP) is 3.52. The van der Waals surface area contributed by atoms with E-state index < -0.39 is 0 Å². The number of hydrogen-bond donors (Lipinski definition) is 1. The summed E-state index contributed by atoms with van der Waals surface area (Å²) in [6.45, 7) is 5.86. The van der Waals surface area contributed by atoms with Gasteiger partial charge < -0.3 is 15.0 Å². The first-order valence-corrected chi connectivity index (χ1v) is 9.61. The van der Waals surface area contributed by atoms with Gasteiger partial charge in [-0.25, -0.2) is 4.68 Å². The fourth-order valence-corrected chi connectivity index (χ4v) is 3.36. The molecule has 0 fully saturated rings. The molecule has 3 aromatic rings. The van der Waals surface area contributed by atoms with Crippen LogP contribution < -0.4 is 10.1 Å². The molecule has 0 spiro atoms. The van der Waals surface area contributed by atoms with Gasteiger partial charge >= 0.3 is 0 Å². The van der Waals surface area contributed by atoms with Gasteiger partial charge in [0.1, 0.15) is 5.75 Å². The Morgan fingerprint density at radius 2 is 1.70 bits per heavy atom. The Bertz CT molecular complexity index is 1050. The van der Waals surface area contributed by atoms with E-state index in [4.69, 9.17) is 4.74 Å². The molecule has 0 atom stereocenters. The van der Waals surface area contributed by atoms with Crippen molar-refractivity contribution in [3.63, 3.8) is 0 Å². The van der Waals surface area contributed by atoms with Crippen LogP contribution in [-0.2, 0) is 4.79 Å². The fraction of sp³-hybridized carbons (Fsp3) is 0.261. The third-order valence-electron chi connectivity index (χ3n) is 4.81. The molecule has 3 rings (SSSR count). The average Bonchev–Trinajstić information content (AvgIpc) is 3.20. The van der Waals surface area contributed by atoms with Crippen molar-refractivity contribution in [3.8, 4) is 11.4 Å². The first-order chi connectivity index (χ1) is 14.3. The maximum atomic E-state index is 12.7. The minimum Gasteiger partial charge on any atom is -0.497 e. The molecular formula is C23H26N4O3. The lowest BCUT2D eigenvalue weighted by molar-refractivity contribution is -0.116. The fourth-order valence-electron chi connectivity index (χ4n) is 3.36. The molecular weight excluding hydrogens is 380 g/mol. The summed E-state index contributed by atoms with van der Waals surface area (Å²) in [6.07, 6.45) is 1.71. The number of nitrogens with zero attached hydrogens (tertiary/aromatic N) is 3. The number of rotatable bonds is 6. The van der Waals surface area contributed by atoms with E-state index >= 15 is 0 Å². The standard InChI is InChI=1S/C23H26N4O3/c1-15-12-16(2)22(17(3)13-15)24-21(28)14-26(4)23(29)20-10-11-27(25-20)18-6-8-19(30-5)9-7-18/h6-13H,14H2,1-5H3,(H,24,28). The molecule has 7 nitrogen and oxygen atoms in total. The number of hydrogen-bond acceptors (Lipinski definition) is 4. The van der Waals surface area contributed by atoms with E-state index in [-0.39, 0.29) is 24.1 Å². The van der Waals surface area contributed by atoms with Gasteiger partial charge in [-0.3, -0.25) is 9.59 Å². The van der Waals surface area contributed by atoms with Crippen LogP contribution in [-0.4, -0.2) is 47.2 Å². The SMILES string of the molecule is COc1ccc(-n2ccc(C(=O)N(C)CC(=O)Nc3c(C)cc(C)cc3C)n2)cc1. The number of anilines is 1. The van der Waals surface area contributed by atoms with Gasteiger partial charge in [0.15, 0.2) is 5.69 Å². The second kappa shape index (κ2) is 8.82. The molecule has 0 aliphatic heterocycles. The van der Waals surface area contributed by atoms with Gasteiger partial charge in [0.2, 0.25) is 5.91 Å². The first-order valence-electron chi connectivity index (χ1n) is 9.61. The van der Waals surface area contributed by atoms with E-state index in [1.165, 1.54) is 4.90 Å². The number of nitrogens with one attached hydrogen (secondary N) is 1. The Morgan fingerprint density at radius 1 is 1.07 bits per heavy atom. The summed E-state index contributed by atoms with van der Waals surface area (Å²) in [5.74, 6) is 0.164. The molecule has 1 N–H and O–H groups in total. The van der Waals surface area contributed by atoms with Crippen molar-refractivity contribution in [2.24, 2.45) is 0 Å². The maximum Gasteiger partial charge on any atom is 0.274 e. The van der Waals surface area contributed by atoms with Crippen molar-refractivity contribution in [2.75, 3.05) is 26.0 Å². The second-order valence-corrected chi connectivity index (χ2v) is 7.33. The molecule has 2 amide bonds.